The van der Waals surface area contributed by atoms with Gasteiger partial charge in [0.05, 0.1) is 34.9 Å². The van der Waals surface area contributed by atoms with E-state index in [0.29, 0.717) is 39.9 Å². The Bertz CT molecular complexity index is 2810. The fraction of sp³-hybridized carbons (Fsp3) is 0.150. The van der Waals surface area contributed by atoms with E-state index in [2.05, 4.69) is 45.4 Å². The summed E-state index contributed by atoms with van der Waals surface area (Å²) in [6.07, 6.45) is 3.87. The summed E-state index contributed by atoms with van der Waals surface area (Å²) in [5, 5.41) is 10.4. The number of benzene rings is 3. The van der Waals surface area contributed by atoms with Crippen molar-refractivity contribution in [3.63, 3.8) is 0 Å². The normalized spacial score (nSPS) is 12.4. The van der Waals surface area contributed by atoms with Crippen molar-refractivity contribution in [3.05, 3.63) is 120 Å². The molecule has 0 atom stereocenters. The van der Waals surface area contributed by atoms with Crippen LogP contribution in [0.1, 0.15) is 30.3 Å². The second kappa shape index (κ2) is 15.8. The van der Waals surface area contributed by atoms with E-state index in [9.17, 15) is 22.0 Å². The van der Waals surface area contributed by atoms with Crippen LogP contribution in [0.15, 0.2) is 91.1 Å². The summed E-state index contributed by atoms with van der Waals surface area (Å²) in [5.74, 6) is -1.06. The predicted octanol–water partition coefficient (Wildman–Crippen LogP) is 8.47. The molecule has 1 aliphatic rings. The molecule has 0 radical (unpaired) electrons. The number of rotatable bonds is 10. The molecular weight excluding hydrogens is 776 g/mol. The third-order valence-electron chi connectivity index (χ3n) is 9.18. The molecule has 300 valence electrons. The van der Waals surface area contributed by atoms with Crippen LogP contribution in [0, 0.1) is 24.4 Å². The number of hydrogen-bond acceptors (Lipinski definition) is 12. The van der Waals surface area contributed by atoms with E-state index in [4.69, 9.17) is 16.2 Å². The Morgan fingerprint density at radius 2 is 1.39 bits per heavy atom. The number of anilines is 6. The van der Waals surface area contributed by atoms with Crippen LogP contribution in [-0.4, -0.2) is 52.8 Å². The number of halogens is 5. The lowest BCUT2D eigenvalue weighted by Crippen LogP contribution is -2.10. The molecule has 0 unspecified atom stereocenters. The highest BCUT2D eigenvalue weighted by Gasteiger charge is 2.32. The Hall–Kier alpha value is -7.57. The summed E-state index contributed by atoms with van der Waals surface area (Å²) in [5.41, 5.74) is 16.0. The smallest absolute Gasteiger partial charge is 0.387 e. The van der Waals surface area contributed by atoms with Gasteiger partial charge in [-0.2, -0.15) is 32.6 Å². The maximum atomic E-state index is 14.7. The molecule has 19 heteroatoms. The van der Waals surface area contributed by atoms with Crippen LogP contribution in [0.4, 0.5) is 56.6 Å². The molecule has 5 aromatic heterocycles. The molecule has 9 rings (SSSR count). The molecule has 1 aliphatic carbocycles. The van der Waals surface area contributed by atoms with E-state index >= 15 is 0 Å². The number of nitrogens with zero attached hydrogens (tertiary/aromatic N) is 8. The van der Waals surface area contributed by atoms with Crippen molar-refractivity contribution in [2.75, 3.05) is 29.2 Å². The zero-order chi connectivity index (χ0) is 41.4. The first-order valence-electron chi connectivity index (χ1n) is 18.0. The summed E-state index contributed by atoms with van der Waals surface area (Å²) >= 11 is 0. The Labute approximate surface area is 331 Å². The van der Waals surface area contributed by atoms with Crippen LogP contribution in [0.2, 0.25) is 0 Å². The lowest BCUT2D eigenvalue weighted by Gasteiger charge is -2.12. The third-order valence-corrected chi connectivity index (χ3v) is 9.18. The summed E-state index contributed by atoms with van der Waals surface area (Å²) in [6, 6.07) is 22.3. The topological polar surface area (TPSA) is 181 Å². The molecule has 0 bridgehead atoms. The van der Waals surface area contributed by atoms with Gasteiger partial charge < -0.3 is 31.6 Å². The van der Waals surface area contributed by atoms with Gasteiger partial charge in [-0.3, -0.25) is 4.57 Å². The number of fused-ring (bicyclic) bond motifs is 2. The second-order valence-corrected chi connectivity index (χ2v) is 13.2. The van der Waals surface area contributed by atoms with Gasteiger partial charge in [-0.1, -0.05) is 6.07 Å². The van der Waals surface area contributed by atoms with Gasteiger partial charge in [-0.25, -0.2) is 23.9 Å². The van der Waals surface area contributed by atoms with Gasteiger partial charge in [0.2, 0.25) is 17.6 Å². The van der Waals surface area contributed by atoms with Crippen LogP contribution >= 0.6 is 0 Å². The van der Waals surface area contributed by atoms with Crippen molar-refractivity contribution in [1.29, 1.82) is 0 Å². The lowest BCUT2D eigenvalue weighted by atomic mass is 10.1. The van der Waals surface area contributed by atoms with Gasteiger partial charge in [0.15, 0.2) is 29.1 Å². The highest BCUT2D eigenvalue weighted by Crippen LogP contribution is 2.45. The Balaban J connectivity index is 0.000000165. The number of aromatic nitrogens is 8. The molecule has 5 heterocycles. The minimum Gasteiger partial charge on any atom is -0.497 e. The van der Waals surface area contributed by atoms with Gasteiger partial charge in [-0.05, 0) is 92.6 Å². The lowest BCUT2D eigenvalue weighted by molar-refractivity contribution is -0.0498. The molecule has 1 fully saturated rings. The molecule has 8 aromatic rings. The van der Waals surface area contributed by atoms with Crippen molar-refractivity contribution in [1.82, 2.24) is 39.1 Å². The van der Waals surface area contributed by atoms with Crippen LogP contribution in [0.5, 0.6) is 11.5 Å². The first kappa shape index (κ1) is 38.3. The fourth-order valence-corrected chi connectivity index (χ4v) is 6.27. The van der Waals surface area contributed by atoms with E-state index in [1.165, 1.54) is 41.0 Å². The van der Waals surface area contributed by atoms with Crippen molar-refractivity contribution >= 4 is 51.2 Å². The molecule has 0 saturated heterocycles. The molecule has 3 aromatic carbocycles. The van der Waals surface area contributed by atoms with Crippen LogP contribution < -0.4 is 31.6 Å². The second-order valence-electron chi connectivity index (χ2n) is 13.2. The van der Waals surface area contributed by atoms with Gasteiger partial charge in [-0.15, -0.1) is 0 Å². The zero-order valence-corrected chi connectivity index (χ0v) is 31.2. The number of nitrogens with one attached hydrogen (secondary N) is 2. The van der Waals surface area contributed by atoms with E-state index in [-0.39, 0.29) is 40.8 Å². The number of methoxy groups -OCH3 is 1. The summed E-state index contributed by atoms with van der Waals surface area (Å²) in [6.45, 7) is -1.20. The Morgan fingerprint density at radius 1 is 0.746 bits per heavy atom. The van der Waals surface area contributed by atoms with E-state index < -0.39 is 24.1 Å². The number of pyridine rings is 1. The maximum Gasteiger partial charge on any atom is 0.387 e. The fourth-order valence-electron chi connectivity index (χ4n) is 6.27. The molecule has 59 heavy (non-hydrogen) atoms. The van der Waals surface area contributed by atoms with E-state index in [1.54, 1.807) is 48.9 Å². The molecule has 0 aliphatic heterocycles. The predicted molar refractivity (Wildman–Crippen MR) is 211 cm³/mol. The van der Waals surface area contributed by atoms with Crippen LogP contribution in [0.3, 0.4) is 0 Å². The third kappa shape index (κ3) is 8.02. The van der Waals surface area contributed by atoms with Crippen molar-refractivity contribution in [2.24, 2.45) is 0 Å². The number of ether oxygens (including phenoxy) is 2. The number of hydrogen-bond donors (Lipinski definition) is 4. The van der Waals surface area contributed by atoms with Gasteiger partial charge >= 0.3 is 6.61 Å². The Kier molecular flexibility index (Phi) is 10.2. The van der Waals surface area contributed by atoms with Gasteiger partial charge in [0.1, 0.15) is 23.1 Å². The van der Waals surface area contributed by atoms with Crippen molar-refractivity contribution < 1.29 is 31.4 Å². The van der Waals surface area contributed by atoms with Gasteiger partial charge in [0, 0.05) is 29.6 Å². The van der Waals surface area contributed by atoms with Gasteiger partial charge in [0.25, 0.3) is 0 Å². The average molecular weight is 809 g/mol. The summed E-state index contributed by atoms with van der Waals surface area (Å²) in [7, 11) is 1.56. The number of nitrogens with two attached hydrogens (primary N) is 2. The largest absolute Gasteiger partial charge is 0.497 e. The number of nitrogen functional groups attached to an aromatic ring is 2. The Morgan fingerprint density at radius 3 is 2.03 bits per heavy atom. The van der Waals surface area contributed by atoms with Crippen LogP contribution in [0.25, 0.3) is 33.9 Å². The average Bonchev–Trinajstić information content (AvgIpc) is 3.92. The first-order chi connectivity index (χ1) is 28.4. The maximum absolute atomic E-state index is 14.7. The number of aryl methyl sites for hydroxylation is 1. The molecule has 0 spiro atoms. The van der Waals surface area contributed by atoms with E-state index in [1.807, 2.05) is 24.4 Å². The monoisotopic (exact) mass is 808 g/mol. The standard InChI is InChI=1S/C21H17F3N6O.C19H16F2N6O/c22-16-18(25)27-19(15-14-3-1-2-10-30(14)29-17(15)11-4-5-11)28-20(16)26-12-6-8-13(9-7-12)31-21(23)24;1-10-23-14-8-3-11(20)9-15(14)27(10)19-25-17(22)16(21)18(26-19)24-12-4-6-13(28-2)7-5-12/h1-3,6-11,21H,4-5H2,(H3,25,26,27,28);3-9H,1-2H3,(H3,22,24,25,26). The molecule has 0 amide bonds. The quantitative estimate of drug-likeness (QED) is 0.0970. The molecule has 6 N–H and O–H groups in total. The number of imidazole rings is 1. The zero-order valence-electron chi connectivity index (χ0n) is 31.2. The minimum absolute atomic E-state index is 0.00987. The van der Waals surface area contributed by atoms with Crippen LogP contribution in [-0.2, 0) is 0 Å². The van der Waals surface area contributed by atoms with Crippen molar-refractivity contribution in [2.45, 2.75) is 32.3 Å². The molecule has 1 saturated carbocycles. The highest BCUT2D eigenvalue weighted by atomic mass is 19.3. The first-order valence-corrected chi connectivity index (χ1v) is 18.0. The van der Waals surface area contributed by atoms with E-state index in [0.717, 1.165) is 29.6 Å². The molecular formula is C40H33F5N12O2. The molecule has 14 nitrogen and oxygen atoms in total. The summed E-state index contributed by atoms with van der Waals surface area (Å²) < 4.78 is 80.3. The number of alkyl halides is 2. The highest BCUT2D eigenvalue weighted by molar-refractivity contribution is 5.81. The SMILES string of the molecule is COc1ccc(Nc2nc(-n3c(C)nc4ccc(F)cc43)nc(N)c2F)cc1.Nc1nc(-c2c(C3CC3)nn3ccccc23)nc(Nc2ccc(OC(F)F)cc2)c1F. The summed E-state index contributed by atoms with van der Waals surface area (Å²) in [4.78, 5) is 21.2. The minimum atomic E-state index is -2.92. The van der Waals surface area contributed by atoms with Crippen molar-refractivity contribution in [3.8, 4) is 28.8 Å².